The van der Waals surface area contributed by atoms with Gasteiger partial charge < -0.3 is 42.7 Å². The molecule has 4 amide bonds. The van der Waals surface area contributed by atoms with E-state index in [1.807, 2.05) is 10.6 Å². The first-order chi connectivity index (χ1) is 15.3. The molecule has 0 radical (unpaired) electrons. The molecule has 0 saturated heterocycles. The normalized spacial score (nSPS) is 14.1. The van der Waals surface area contributed by atoms with E-state index in [4.69, 9.17) is 26.8 Å². The van der Waals surface area contributed by atoms with Crippen molar-refractivity contribution >= 4 is 53.3 Å². The van der Waals surface area contributed by atoms with Crippen LogP contribution in [0.1, 0.15) is 25.7 Å². The maximum Gasteiger partial charge on any atom is 0.326 e. The fraction of sp³-hybridized carbons (Fsp3) is 0.588. The van der Waals surface area contributed by atoms with Crippen molar-refractivity contribution in [3.05, 3.63) is 0 Å². The summed E-state index contributed by atoms with van der Waals surface area (Å²) in [5.41, 5.74) is 10.7. The number of carboxylic acid groups (broad SMARTS) is 3. The first kappa shape index (κ1) is 29.6. The van der Waals surface area contributed by atoms with Crippen LogP contribution >= 0.6 is 11.8 Å². The Morgan fingerprint density at radius 2 is 1.18 bits per heavy atom. The standard InChI is InChI=1S/C17H27N5O10S/c1-33-3-2-7(18)14(28)20-9(5-12(24)25)16(30)21-8(4-11(19)23)15(29)22-10(17(31)32)6-13(26)27/h7-10H,2-6,18H2,1H3,(H2,19,23)(H,20,28)(H,21,30)(H,22,29)(H,24,25)(H,26,27)(H,31,32). The molecule has 0 saturated carbocycles. The molecule has 0 aromatic carbocycles. The van der Waals surface area contributed by atoms with E-state index < -0.39 is 85.0 Å². The highest BCUT2D eigenvalue weighted by Crippen LogP contribution is 2.03. The number of nitrogens with one attached hydrogen (secondary N) is 3. The predicted molar refractivity (Wildman–Crippen MR) is 113 cm³/mol. The number of hydrogen-bond acceptors (Lipinski definition) is 9. The number of primary amides is 1. The summed E-state index contributed by atoms with van der Waals surface area (Å²) in [6.45, 7) is 0. The lowest BCUT2D eigenvalue weighted by Gasteiger charge is -2.23. The molecule has 0 aliphatic rings. The number of rotatable bonds is 16. The van der Waals surface area contributed by atoms with Gasteiger partial charge in [0, 0.05) is 0 Å². The van der Waals surface area contributed by atoms with Crippen molar-refractivity contribution in [2.75, 3.05) is 12.0 Å². The highest BCUT2D eigenvalue weighted by molar-refractivity contribution is 7.98. The Kier molecular flexibility index (Phi) is 13.1. The Labute approximate surface area is 192 Å². The summed E-state index contributed by atoms with van der Waals surface area (Å²) in [5.74, 6) is -8.54. The van der Waals surface area contributed by atoms with Crippen LogP contribution in [0.15, 0.2) is 0 Å². The molecule has 0 aliphatic heterocycles. The highest BCUT2D eigenvalue weighted by atomic mass is 32.2. The molecule has 0 aliphatic carbocycles. The van der Waals surface area contributed by atoms with Gasteiger partial charge in [0.2, 0.25) is 23.6 Å². The molecule has 186 valence electrons. The zero-order chi connectivity index (χ0) is 25.7. The summed E-state index contributed by atoms with van der Waals surface area (Å²) in [5, 5.41) is 32.9. The number of carbonyl (C=O) groups excluding carboxylic acids is 4. The van der Waals surface area contributed by atoms with Crippen molar-refractivity contribution in [2.45, 2.75) is 49.9 Å². The van der Waals surface area contributed by atoms with E-state index >= 15 is 0 Å². The molecular weight excluding hydrogens is 466 g/mol. The monoisotopic (exact) mass is 493 g/mol. The number of nitrogens with two attached hydrogens (primary N) is 2. The second-order valence-corrected chi connectivity index (χ2v) is 7.76. The van der Waals surface area contributed by atoms with Crippen LogP contribution in [0.4, 0.5) is 0 Å². The maximum absolute atomic E-state index is 12.6. The minimum absolute atomic E-state index is 0.237. The summed E-state index contributed by atoms with van der Waals surface area (Å²) < 4.78 is 0. The minimum Gasteiger partial charge on any atom is -0.481 e. The molecule has 0 bridgehead atoms. The van der Waals surface area contributed by atoms with Gasteiger partial charge in [-0.3, -0.25) is 28.8 Å². The molecule has 15 nitrogen and oxygen atoms in total. The van der Waals surface area contributed by atoms with Crippen LogP contribution in [0.2, 0.25) is 0 Å². The summed E-state index contributed by atoms with van der Waals surface area (Å²) in [4.78, 5) is 81.5. The van der Waals surface area contributed by atoms with Gasteiger partial charge in [0.25, 0.3) is 0 Å². The second-order valence-electron chi connectivity index (χ2n) is 6.78. The van der Waals surface area contributed by atoms with Crippen LogP contribution in [0.25, 0.3) is 0 Å². The third-order valence-corrected chi connectivity index (χ3v) is 4.66. The highest BCUT2D eigenvalue weighted by Gasteiger charge is 2.32. The molecule has 0 aromatic heterocycles. The third-order valence-electron chi connectivity index (χ3n) is 4.01. The van der Waals surface area contributed by atoms with Gasteiger partial charge in [-0.15, -0.1) is 0 Å². The molecule has 0 spiro atoms. The van der Waals surface area contributed by atoms with Gasteiger partial charge in [0.15, 0.2) is 0 Å². The van der Waals surface area contributed by atoms with E-state index in [2.05, 4.69) is 5.32 Å². The van der Waals surface area contributed by atoms with Crippen LogP contribution in [0, 0.1) is 0 Å². The van der Waals surface area contributed by atoms with Crippen molar-refractivity contribution in [3.63, 3.8) is 0 Å². The molecular formula is C17H27N5O10S. The van der Waals surface area contributed by atoms with Gasteiger partial charge in [0.05, 0.1) is 25.3 Å². The van der Waals surface area contributed by atoms with Gasteiger partial charge in [0.1, 0.15) is 18.1 Å². The summed E-state index contributed by atoms with van der Waals surface area (Å²) in [7, 11) is 0. The summed E-state index contributed by atoms with van der Waals surface area (Å²) >= 11 is 1.41. The first-order valence-corrected chi connectivity index (χ1v) is 10.8. The zero-order valence-electron chi connectivity index (χ0n) is 17.6. The van der Waals surface area contributed by atoms with Crippen LogP contribution < -0.4 is 27.4 Å². The number of aliphatic carboxylic acids is 3. The Bertz CT molecular complexity index is 777. The van der Waals surface area contributed by atoms with Gasteiger partial charge in [-0.05, 0) is 18.4 Å². The largest absolute Gasteiger partial charge is 0.481 e. The smallest absolute Gasteiger partial charge is 0.326 e. The topological polar surface area (TPSA) is 268 Å². The van der Waals surface area contributed by atoms with Crippen LogP contribution in [0.5, 0.6) is 0 Å². The number of carbonyl (C=O) groups is 7. The van der Waals surface area contributed by atoms with Crippen LogP contribution in [-0.4, -0.2) is 93.0 Å². The van der Waals surface area contributed by atoms with E-state index in [0.717, 1.165) is 0 Å². The van der Waals surface area contributed by atoms with Crippen molar-refractivity contribution in [1.29, 1.82) is 0 Å². The molecule has 16 heteroatoms. The van der Waals surface area contributed by atoms with Crippen LogP contribution in [0.3, 0.4) is 0 Å². The predicted octanol–water partition coefficient (Wildman–Crippen LogP) is -3.57. The van der Waals surface area contributed by atoms with E-state index in [1.54, 1.807) is 6.26 Å². The fourth-order valence-corrected chi connectivity index (χ4v) is 2.86. The molecule has 4 unspecified atom stereocenters. The molecule has 0 aromatic rings. The van der Waals surface area contributed by atoms with E-state index in [9.17, 15) is 33.6 Å². The van der Waals surface area contributed by atoms with Crippen molar-refractivity contribution in [1.82, 2.24) is 16.0 Å². The number of amides is 4. The lowest BCUT2D eigenvalue weighted by Crippen LogP contribution is -2.58. The Balaban J connectivity index is 5.52. The second kappa shape index (κ2) is 14.6. The van der Waals surface area contributed by atoms with Crippen LogP contribution in [-0.2, 0) is 33.6 Å². The molecule has 10 N–H and O–H groups in total. The van der Waals surface area contributed by atoms with Gasteiger partial charge >= 0.3 is 17.9 Å². The maximum atomic E-state index is 12.6. The lowest BCUT2D eigenvalue weighted by atomic mass is 10.1. The molecule has 0 heterocycles. The van der Waals surface area contributed by atoms with E-state index in [0.29, 0.717) is 5.75 Å². The minimum atomic E-state index is -1.88. The quantitative estimate of drug-likeness (QED) is 0.104. The van der Waals surface area contributed by atoms with E-state index in [-0.39, 0.29) is 6.42 Å². The lowest BCUT2D eigenvalue weighted by molar-refractivity contribution is -0.147. The van der Waals surface area contributed by atoms with Gasteiger partial charge in [-0.2, -0.15) is 11.8 Å². The van der Waals surface area contributed by atoms with Gasteiger partial charge in [-0.25, -0.2) is 4.79 Å². The first-order valence-electron chi connectivity index (χ1n) is 9.38. The molecule has 0 fully saturated rings. The van der Waals surface area contributed by atoms with E-state index in [1.165, 1.54) is 11.8 Å². The third kappa shape index (κ3) is 12.3. The summed E-state index contributed by atoms with van der Waals surface area (Å²) in [6.07, 6.45) is -0.696. The van der Waals surface area contributed by atoms with Gasteiger partial charge in [-0.1, -0.05) is 0 Å². The summed E-state index contributed by atoms with van der Waals surface area (Å²) in [6, 6.07) is -6.39. The fourth-order valence-electron chi connectivity index (χ4n) is 2.37. The molecule has 33 heavy (non-hydrogen) atoms. The number of thioether (sulfide) groups is 1. The Morgan fingerprint density at radius 1 is 0.758 bits per heavy atom. The number of hydrogen-bond donors (Lipinski definition) is 8. The van der Waals surface area contributed by atoms with Crippen molar-refractivity contribution in [3.8, 4) is 0 Å². The number of carboxylic acids is 3. The molecule has 4 atom stereocenters. The van der Waals surface area contributed by atoms with Crippen molar-refractivity contribution < 1.29 is 48.9 Å². The zero-order valence-corrected chi connectivity index (χ0v) is 18.4. The van der Waals surface area contributed by atoms with Crippen molar-refractivity contribution in [2.24, 2.45) is 11.5 Å². The molecule has 0 rings (SSSR count). The average Bonchev–Trinajstić information content (AvgIpc) is 2.68. The average molecular weight is 493 g/mol. The SMILES string of the molecule is CSCCC(N)C(=O)NC(CC(=O)O)C(=O)NC(CC(N)=O)C(=O)NC(CC(=O)O)C(=O)O. The Hall–Kier alpha value is -3.40. The Morgan fingerprint density at radius 3 is 1.61 bits per heavy atom.